The molecule has 102 valence electrons. The quantitative estimate of drug-likeness (QED) is 0.872. The maximum atomic E-state index is 5.64. The summed E-state index contributed by atoms with van der Waals surface area (Å²) in [4.78, 5) is 0. The zero-order valence-corrected chi connectivity index (χ0v) is 12.3. The molecule has 0 aliphatic carbocycles. The van der Waals surface area contributed by atoms with Crippen LogP contribution in [0.15, 0.2) is 34.9 Å². The summed E-state index contributed by atoms with van der Waals surface area (Å²) in [5, 5.41) is 3.51. The van der Waals surface area contributed by atoms with E-state index in [0.717, 1.165) is 18.7 Å². The van der Waals surface area contributed by atoms with Crippen LogP contribution < -0.4 is 5.32 Å². The smallest absolute Gasteiger partial charge is 0.123 e. The molecule has 0 bridgehead atoms. The Morgan fingerprint density at radius 1 is 1.05 bits per heavy atom. The first-order valence-corrected chi connectivity index (χ1v) is 6.95. The number of hydrogen-bond acceptors (Lipinski definition) is 2. The van der Waals surface area contributed by atoms with Crippen molar-refractivity contribution < 1.29 is 4.42 Å². The van der Waals surface area contributed by atoms with Gasteiger partial charge in [0.25, 0.3) is 0 Å². The number of rotatable bonds is 5. The molecule has 0 saturated heterocycles. The van der Waals surface area contributed by atoms with Crippen molar-refractivity contribution in [3.63, 3.8) is 0 Å². The summed E-state index contributed by atoms with van der Waals surface area (Å²) in [7, 11) is 0. The van der Waals surface area contributed by atoms with Crippen molar-refractivity contribution in [3.05, 3.63) is 58.5 Å². The summed E-state index contributed by atoms with van der Waals surface area (Å²) in [5.41, 5.74) is 5.27. The molecule has 0 saturated carbocycles. The molecule has 1 unspecified atom stereocenters. The highest BCUT2D eigenvalue weighted by Gasteiger charge is 2.16. The van der Waals surface area contributed by atoms with Crippen molar-refractivity contribution in [1.29, 1.82) is 0 Å². The number of furan rings is 1. The lowest BCUT2D eigenvalue weighted by atomic mass is 9.98. The van der Waals surface area contributed by atoms with Crippen LogP contribution in [0.4, 0.5) is 0 Å². The first-order chi connectivity index (χ1) is 9.11. The highest BCUT2D eigenvalue weighted by Crippen LogP contribution is 2.23. The lowest BCUT2D eigenvalue weighted by molar-refractivity contribution is 0.413. The fourth-order valence-electron chi connectivity index (χ4n) is 2.41. The molecule has 1 heterocycles. The summed E-state index contributed by atoms with van der Waals surface area (Å²) in [6.45, 7) is 9.49. The Labute approximate surface area is 115 Å². The van der Waals surface area contributed by atoms with E-state index in [1.165, 1.54) is 22.3 Å². The summed E-state index contributed by atoms with van der Waals surface area (Å²) in [5.74, 6) is 1.06. The highest BCUT2D eigenvalue weighted by atomic mass is 16.3. The van der Waals surface area contributed by atoms with E-state index < -0.39 is 0 Å². The lowest BCUT2D eigenvalue weighted by Gasteiger charge is -2.17. The molecule has 2 rings (SSSR count). The molecule has 19 heavy (non-hydrogen) atoms. The minimum absolute atomic E-state index is 0.252. The van der Waals surface area contributed by atoms with E-state index in [1.54, 1.807) is 6.26 Å². The molecule has 1 aromatic carbocycles. The SMILES string of the molecule is CCNC(Cc1ccc(C)c(C)c1)c1occc1C. The van der Waals surface area contributed by atoms with Gasteiger partial charge in [0.2, 0.25) is 0 Å². The molecule has 2 nitrogen and oxygen atoms in total. The number of likely N-dealkylation sites (N-methyl/N-ethyl adjacent to an activating group) is 1. The maximum absolute atomic E-state index is 5.64. The van der Waals surface area contributed by atoms with Gasteiger partial charge in [-0.05, 0) is 62.1 Å². The molecule has 0 radical (unpaired) electrons. The van der Waals surface area contributed by atoms with Gasteiger partial charge in [-0.1, -0.05) is 25.1 Å². The third kappa shape index (κ3) is 3.27. The van der Waals surface area contributed by atoms with E-state index in [1.807, 2.05) is 6.07 Å². The molecule has 1 N–H and O–H groups in total. The van der Waals surface area contributed by atoms with Gasteiger partial charge in [0.1, 0.15) is 5.76 Å². The van der Waals surface area contributed by atoms with Crippen molar-refractivity contribution in [2.75, 3.05) is 6.54 Å². The number of aryl methyl sites for hydroxylation is 3. The van der Waals surface area contributed by atoms with Gasteiger partial charge in [-0.2, -0.15) is 0 Å². The Morgan fingerprint density at radius 2 is 1.84 bits per heavy atom. The zero-order chi connectivity index (χ0) is 13.8. The van der Waals surface area contributed by atoms with Crippen LogP contribution in [0.2, 0.25) is 0 Å². The van der Waals surface area contributed by atoms with E-state index in [0.29, 0.717) is 0 Å². The van der Waals surface area contributed by atoms with Crippen LogP contribution >= 0.6 is 0 Å². The average Bonchev–Trinajstić information content (AvgIpc) is 2.79. The van der Waals surface area contributed by atoms with Crippen LogP contribution in [-0.2, 0) is 6.42 Å². The van der Waals surface area contributed by atoms with Gasteiger partial charge in [0.05, 0.1) is 12.3 Å². The first kappa shape index (κ1) is 13.9. The standard InChI is InChI=1S/C17H23NO/c1-5-18-16(17-13(3)8-9-19-17)11-15-7-6-12(2)14(4)10-15/h6-10,16,18H,5,11H2,1-4H3. The molecule has 0 spiro atoms. The molecule has 1 atom stereocenters. The monoisotopic (exact) mass is 257 g/mol. The molecular weight excluding hydrogens is 234 g/mol. The molecular formula is C17H23NO. The van der Waals surface area contributed by atoms with Crippen LogP contribution in [0.25, 0.3) is 0 Å². The minimum Gasteiger partial charge on any atom is -0.467 e. The highest BCUT2D eigenvalue weighted by molar-refractivity contribution is 5.31. The molecule has 2 heteroatoms. The Balaban J connectivity index is 2.21. The van der Waals surface area contributed by atoms with Crippen molar-refractivity contribution >= 4 is 0 Å². The topological polar surface area (TPSA) is 25.2 Å². The fraction of sp³-hybridized carbons (Fsp3) is 0.412. The third-order valence-electron chi connectivity index (χ3n) is 3.68. The summed E-state index contributed by atoms with van der Waals surface area (Å²) >= 11 is 0. The Morgan fingerprint density at radius 3 is 2.42 bits per heavy atom. The number of benzene rings is 1. The Hall–Kier alpha value is -1.54. The van der Waals surface area contributed by atoms with E-state index in [4.69, 9.17) is 4.42 Å². The van der Waals surface area contributed by atoms with Crippen LogP contribution in [0.1, 0.15) is 41.0 Å². The van der Waals surface area contributed by atoms with Gasteiger partial charge in [-0.15, -0.1) is 0 Å². The van der Waals surface area contributed by atoms with E-state index in [2.05, 4.69) is 51.2 Å². The van der Waals surface area contributed by atoms with E-state index in [9.17, 15) is 0 Å². The summed E-state index contributed by atoms with van der Waals surface area (Å²) < 4.78 is 5.64. The minimum atomic E-state index is 0.252. The second-order valence-corrected chi connectivity index (χ2v) is 5.20. The molecule has 0 amide bonds. The predicted octanol–water partition coefficient (Wildman–Crippen LogP) is 4.10. The second kappa shape index (κ2) is 6.07. The number of hydrogen-bond donors (Lipinski definition) is 1. The molecule has 0 fully saturated rings. The van der Waals surface area contributed by atoms with Crippen molar-refractivity contribution in [2.24, 2.45) is 0 Å². The largest absolute Gasteiger partial charge is 0.467 e. The third-order valence-corrected chi connectivity index (χ3v) is 3.68. The van der Waals surface area contributed by atoms with Gasteiger partial charge in [-0.25, -0.2) is 0 Å². The molecule has 1 aromatic heterocycles. The molecule has 2 aromatic rings. The van der Waals surface area contributed by atoms with Crippen LogP contribution in [0.5, 0.6) is 0 Å². The molecule has 0 aliphatic rings. The summed E-state index contributed by atoms with van der Waals surface area (Å²) in [6, 6.07) is 8.97. The number of nitrogens with one attached hydrogen (secondary N) is 1. The van der Waals surface area contributed by atoms with E-state index >= 15 is 0 Å². The van der Waals surface area contributed by atoms with Gasteiger partial charge in [-0.3, -0.25) is 0 Å². The van der Waals surface area contributed by atoms with E-state index in [-0.39, 0.29) is 6.04 Å². The predicted molar refractivity (Wildman–Crippen MR) is 79.5 cm³/mol. The maximum Gasteiger partial charge on any atom is 0.123 e. The average molecular weight is 257 g/mol. The first-order valence-electron chi connectivity index (χ1n) is 6.95. The Kier molecular flexibility index (Phi) is 4.43. The zero-order valence-electron chi connectivity index (χ0n) is 12.3. The van der Waals surface area contributed by atoms with Crippen molar-refractivity contribution in [2.45, 2.75) is 40.2 Å². The summed E-state index contributed by atoms with van der Waals surface area (Å²) in [6.07, 6.45) is 2.73. The van der Waals surface area contributed by atoms with Gasteiger partial charge in [0.15, 0.2) is 0 Å². The lowest BCUT2D eigenvalue weighted by Crippen LogP contribution is -2.23. The van der Waals surface area contributed by atoms with Crippen LogP contribution in [0.3, 0.4) is 0 Å². The van der Waals surface area contributed by atoms with Gasteiger partial charge < -0.3 is 9.73 Å². The fourth-order valence-corrected chi connectivity index (χ4v) is 2.41. The van der Waals surface area contributed by atoms with Gasteiger partial charge in [0, 0.05) is 0 Å². The van der Waals surface area contributed by atoms with Crippen LogP contribution in [-0.4, -0.2) is 6.54 Å². The van der Waals surface area contributed by atoms with Crippen LogP contribution in [0, 0.1) is 20.8 Å². The molecule has 0 aliphatic heterocycles. The second-order valence-electron chi connectivity index (χ2n) is 5.20. The Bertz CT molecular complexity index is 542. The van der Waals surface area contributed by atoms with Gasteiger partial charge >= 0.3 is 0 Å². The van der Waals surface area contributed by atoms with Crippen molar-refractivity contribution in [1.82, 2.24) is 5.32 Å². The van der Waals surface area contributed by atoms with Crippen molar-refractivity contribution in [3.8, 4) is 0 Å². The normalized spacial score (nSPS) is 12.6.